The molecule has 216 valence electrons. The van der Waals surface area contributed by atoms with Gasteiger partial charge in [0.15, 0.2) is 5.65 Å². The van der Waals surface area contributed by atoms with Crippen LogP contribution in [0.4, 0.5) is 13.2 Å². The number of piperazine rings is 1. The van der Waals surface area contributed by atoms with Crippen LogP contribution in [0.2, 0.25) is 0 Å². The van der Waals surface area contributed by atoms with Gasteiger partial charge in [0.25, 0.3) is 5.91 Å². The summed E-state index contributed by atoms with van der Waals surface area (Å²) in [6.45, 7) is 6.02. The number of carbonyl (C=O) groups is 1. The van der Waals surface area contributed by atoms with E-state index in [1.165, 1.54) is 24.3 Å². The average molecular weight is 569 g/mol. The number of carbonyl (C=O) groups excluding carboxylic acids is 1. The number of nitrogens with one attached hydrogen (secondary N) is 1. The first-order valence-electron chi connectivity index (χ1n) is 13.3. The van der Waals surface area contributed by atoms with Gasteiger partial charge in [-0.1, -0.05) is 12.1 Å². The van der Waals surface area contributed by atoms with Crippen LogP contribution in [-0.4, -0.2) is 82.9 Å². The van der Waals surface area contributed by atoms with E-state index in [4.69, 9.17) is 4.74 Å². The van der Waals surface area contributed by atoms with Crippen molar-refractivity contribution in [3.8, 4) is 17.2 Å². The molecule has 1 aliphatic rings. The quantitative estimate of drug-likeness (QED) is 0.286. The fourth-order valence-electron chi connectivity index (χ4n) is 4.55. The van der Waals surface area contributed by atoms with Crippen molar-refractivity contribution in [3.05, 3.63) is 78.2 Å². The smallest absolute Gasteiger partial charge is 0.489 e. The highest BCUT2D eigenvalue weighted by atomic mass is 19.4. The van der Waals surface area contributed by atoms with Crippen molar-refractivity contribution < 1.29 is 27.4 Å². The average Bonchev–Trinajstić information content (AvgIpc) is 3.39. The van der Waals surface area contributed by atoms with Crippen molar-refractivity contribution in [1.29, 1.82) is 0 Å². The van der Waals surface area contributed by atoms with Crippen molar-refractivity contribution in [2.75, 3.05) is 46.3 Å². The van der Waals surface area contributed by atoms with Gasteiger partial charge in [-0.2, -0.15) is 0 Å². The predicted octanol–water partition coefficient (Wildman–Crippen LogP) is 4.27. The van der Waals surface area contributed by atoms with Gasteiger partial charge < -0.3 is 24.6 Å². The topological polar surface area (TPSA) is 84.8 Å². The maximum atomic E-state index is 12.7. The lowest BCUT2D eigenvalue weighted by molar-refractivity contribution is -0.274. The summed E-state index contributed by atoms with van der Waals surface area (Å²) in [4.78, 5) is 26.3. The first-order valence-corrected chi connectivity index (χ1v) is 13.3. The summed E-state index contributed by atoms with van der Waals surface area (Å²) in [5.74, 6) is 0.140. The highest BCUT2D eigenvalue weighted by Gasteiger charge is 2.31. The van der Waals surface area contributed by atoms with Crippen LogP contribution in [0.3, 0.4) is 0 Å². The highest BCUT2D eigenvalue weighted by Crippen LogP contribution is 2.24. The fourth-order valence-corrected chi connectivity index (χ4v) is 4.55. The third-order valence-electron chi connectivity index (χ3n) is 6.86. The number of benzene rings is 2. The van der Waals surface area contributed by atoms with E-state index in [1.807, 2.05) is 16.7 Å². The van der Waals surface area contributed by atoms with Gasteiger partial charge in [0.2, 0.25) is 0 Å². The van der Waals surface area contributed by atoms with Crippen LogP contribution in [0.5, 0.6) is 11.5 Å². The number of hydrogen-bond acceptors (Lipinski definition) is 7. The predicted molar refractivity (Wildman–Crippen MR) is 147 cm³/mol. The number of rotatable bonds is 10. The van der Waals surface area contributed by atoms with Crippen LogP contribution in [0.1, 0.15) is 22.3 Å². The second-order valence-corrected chi connectivity index (χ2v) is 9.91. The highest BCUT2D eigenvalue weighted by molar-refractivity contribution is 5.96. The molecule has 0 unspecified atom stereocenters. The van der Waals surface area contributed by atoms with Crippen LogP contribution < -0.4 is 14.8 Å². The maximum Gasteiger partial charge on any atom is 0.573 e. The van der Waals surface area contributed by atoms with Gasteiger partial charge in [-0.25, -0.2) is 9.97 Å². The van der Waals surface area contributed by atoms with E-state index in [2.05, 4.69) is 36.9 Å². The van der Waals surface area contributed by atoms with Crippen molar-refractivity contribution in [2.45, 2.75) is 19.4 Å². The third kappa shape index (κ3) is 7.74. The van der Waals surface area contributed by atoms with Crippen molar-refractivity contribution in [2.24, 2.45) is 0 Å². The molecule has 1 aliphatic heterocycles. The van der Waals surface area contributed by atoms with Crippen LogP contribution >= 0.6 is 0 Å². The zero-order valence-corrected chi connectivity index (χ0v) is 22.6. The van der Waals surface area contributed by atoms with Gasteiger partial charge in [-0.3, -0.25) is 9.36 Å². The molecule has 4 aromatic rings. The SMILES string of the molecule is CN1CCN(CCCNC(=O)c2cnc3c(c2)ncn3-c2ccc(OCc3ccc(OC(F)(F)F)cc3)cc2)CC1. The molecule has 1 fully saturated rings. The zero-order valence-electron chi connectivity index (χ0n) is 22.6. The van der Waals surface area contributed by atoms with Crippen LogP contribution in [0, 0.1) is 0 Å². The van der Waals surface area contributed by atoms with Gasteiger partial charge >= 0.3 is 6.36 Å². The standard InChI is InChI=1S/C29H31F3N6O3/c1-36-13-15-37(16-14-36)12-2-11-33-28(39)22-17-26-27(34-18-22)38(20-35-26)23-5-9-24(10-6-23)40-19-21-3-7-25(8-4-21)41-29(30,31)32/h3-10,17-18,20H,2,11-16,19H2,1H3,(H,33,39). The van der Waals surface area contributed by atoms with Gasteiger partial charge in [0.1, 0.15) is 29.9 Å². The summed E-state index contributed by atoms with van der Waals surface area (Å²) in [5, 5.41) is 2.98. The summed E-state index contributed by atoms with van der Waals surface area (Å²) >= 11 is 0. The van der Waals surface area contributed by atoms with Crippen LogP contribution in [-0.2, 0) is 6.61 Å². The molecule has 1 N–H and O–H groups in total. The summed E-state index contributed by atoms with van der Waals surface area (Å²) in [6, 6.07) is 14.5. The molecule has 5 rings (SSSR count). The molecular formula is C29H31F3N6O3. The van der Waals surface area contributed by atoms with E-state index in [0.717, 1.165) is 44.8 Å². The Morgan fingerprint density at radius 3 is 2.39 bits per heavy atom. The molecule has 0 spiro atoms. The Balaban J connectivity index is 1.13. The second kappa shape index (κ2) is 12.6. The Hall–Kier alpha value is -4.16. The van der Waals surface area contributed by atoms with Crippen molar-refractivity contribution in [3.63, 3.8) is 0 Å². The minimum atomic E-state index is -4.73. The molecule has 0 atom stereocenters. The first-order chi connectivity index (χ1) is 19.7. The lowest BCUT2D eigenvalue weighted by atomic mass is 10.2. The minimum Gasteiger partial charge on any atom is -0.489 e. The first kappa shape index (κ1) is 28.4. The number of aromatic nitrogens is 3. The van der Waals surface area contributed by atoms with E-state index in [9.17, 15) is 18.0 Å². The number of amides is 1. The maximum absolute atomic E-state index is 12.7. The zero-order chi connectivity index (χ0) is 28.8. The Bertz CT molecular complexity index is 1450. The van der Waals surface area contributed by atoms with E-state index in [-0.39, 0.29) is 18.3 Å². The number of fused-ring (bicyclic) bond motifs is 1. The number of halogens is 3. The third-order valence-corrected chi connectivity index (χ3v) is 6.86. The second-order valence-electron chi connectivity index (χ2n) is 9.91. The Morgan fingerprint density at radius 1 is 0.976 bits per heavy atom. The van der Waals surface area contributed by atoms with E-state index in [1.54, 1.807) is 30.7 Å². The molecule has 0 bridgehead atoms. The lowest BCUT2D eigenvalue weighted by Gasteiger charge is -2.32. The summed E-state index contributed by atoms with van der Waals surface area (Å²) in [6.07, 6.45) is -0.630. The van der Waals surface area contributed by atoms with Gasteiger partial charge in [0.05, 0.1) is 5.56 Å². The molecule has 9 nitrogen and oxygen atoms in total. The minimum absolute atomic E-state index is 0.170. The Kier molecular flexibility index (Phi) is 8.70. The number of ether oxygens (including phenoxy) is 2. The number of hydrogen-bond donors (Lipinski definition) is 1. The molecule has 2 aromatic carbocycles. The van der Waals surface area contributed by atoms with Gasteiger partial charge in [0, 0.05) is 44.6 Å². The molecule has 2 aromatic heterocycles. The van der Waals surface area contributed by atoms with Gasteiger partial charge in [-0.15, -0.1) is 13.2 Å². The summed E-state index contributed by atoms with van der Waals surface area (Å²) in [7, 11) is 2.13. The van der Waals surface area contributed by atoms with Crippen LogP contribution in [0.25, 0.3) is 16.9 Å². The number of imidazole rings is 1. The molecule has 3 heterocycles. The van der Waals surface area contributed by atoms with Gasteiger partial charge in [-0.05, 0) is 68.0 Å². The molecule has 12 heteroatoms. The number of alkyl halides is 3. The number of likely N-dealkylation sites (N-methyl/N-ethyl adjacent to an activating group) is 1. The molecular weight excluding hydrogens is 537 g/mol. The van der Waals surface area contributed by atoms with E-state index >= 15 is 0 Å². The molecule has 1 saturated heterocycles. The van der Waals surface area contributed by atoms with E-state index in [0.29, 0.717) is 34.6 Å². The summed E-state index contributed by atoms with van der Waals surface area (Å²) < 4.78 is 48.4. The molecule has 41 heavy (non-hydrogen) atoms. The monoisotopic (exact) mass is 568 g/mol. The molecule has 0 radical (unpaired) electrons. The van der Waals surface area contributed by atoms with Crippen molar-refractivity contribution >= 4 is 17.1 Å². The van der Waals surface area contributed by atoms with Crippen molar-refractivity contribution in [1.82, 2.24) is 29.7 Å². The van der Waals surface area contributed by atoms with E-state index < -0.39 is 6.36 Å². The lowest BCUT2D eigenvalue weighted by Crippen LogP contribution is -2.45. The fraction of sp³-hybridized carbons (Fsp3) is 0.345. The Labute approximate surface area is 235 Å². The normalized spacial score (nSPS) is 14.7. The molecule has 0 saturated carbocycles. The summed E-state index contributed by atoms with van der Waals surface area (Å²) in [5.41, 5.74) is 3.19. The number of pyridine rings is 1. The van der Waals surface area contributed by atoms with Crippen LogP contribution in [0.15, 0.2) is 67.1 Å². The molecule has 1 amide bonds. The Morgan fingerprint density at radius 2 is 1.68 bits per heavy atom. The number of nitrogens with zero attached hydrogens (tertiary/aromatic N) is 5. The largest absolute Gasteiger partial charge is 0.573 e. The molecule has 0 aliphatic carbocycles.